The minimum atomic E-state index is -0.482. The van der Waals surface area contributed by atoms with Gasteiger partial charge in [-0.15, -0.1) is 10.2 Å². The second kappa shape index (κ2) is 11.4. The first-order chi connectivity index (χ1) is 17.0. The molecule has 7 nitrogen and oxygen atoms in total. The van der Waals surface area contributed by atoms with Crippen molar-refractivity contribution in [1.29, 1.82) is 0 Å². The molecule has 3 aromatic carbocycles. The summed E-state index contributed by atoms with van der Waals surface area (Å²) >= 11 is 1.29. The van der Waals surface area contributed by atoms with E-state index in [-0.39, 0.29) is 11.7 Å². The van der Waals surface area contributed by atoms with E-state index < -0.39 is 5.25 Å². The number of amides is 1. The first-order valence-electron chi connectivity index (χ1n) is 11.0. The third kappa shape index (κ3) is 6.54. The van der Waals surface area contributed by atoms with Crippen LogP contribution in [0.25, 0.3) is 5.69 Å². The predicted molar refractivity (Wildman–Crippen MR) is 137 cm³/mol. The molecule has 1 atom stereocenters. The third-order valence-corrected chi connectivity index (χ3v) is 6.17. The Hall–Kier alpha value is -3.98. The molecule has 0 aliphatic carbocycles. The second-order valence-electron chi connectivity index (χ2n) is 7.84. The number of aromatic nitrogens is 3. The molecule has 2 N–H and O–H groups in total. The van der Waals surface area contributed by atoms with Gasteiger partial charge < -0.3 is 5.32 Å². The molecular formula is C26H25FN6OS. The third-order valence-electron chi connectivity index (χ3n) is 5.13. The van der Waals surface area contributed by atoms with Crippen molar-refractivity contribution in [2.75, 3.05) is 5.32 Å². The fraction of sp³-hybridized carbons (Fsp3) is 0.154. The normalized spacial score (nSPS) is 12.0. The molecule has 0 saturated heterocycles. The van der Waals surface area contributed by atoms with Crippen molar-refractivity contribution in [3.63, 3.8) is 0 Å². The van der Waals surface area contributed by atoms with Crippen molar-refractivity contribution in [3.05, 3.63) is 102 Å². The van der Waals surface area contributed by atoms with E-state index in [1.165, 1.54) is 35.7 Å². The van der Waals surface area contributed by atoms with E-state index in [4.69, 9.17) is 0 Å². The molecule has 4 rings (SSSR count). The van der Waals surface area contributed by atoms with Crippen molar-refractivity contribution in [1.82, 2.24) is 20.2 Å². The molecule has 0 aliphatic rings. The zero-order chi connectivity index (χ0) is 24.6. The Morgan fingerprint density at radius 2 is 1.77 bits per heavy atom. The van der Waals surface area contributed by atoms with E-state index in [0.717, 1.165) is 17.2 Å². The number of hydrogen-bond acceptors (Lipinski definition) is 6. The zero-order valence-electron chi connectivity index (χ0n) is 19.4. The largest absolute Gasteiger partial charge is 0.378 e. The molecule has 0 aliphatic heterocycles. The average Bonchev–Trinajstić information content (AvgIpc) is 3.27. The lowest BCUT2D eigenvalue weighted by Crippen LogP contribution is -2.27. The first kappa shape index (κ1) is 24.2. The number of nitrogens with zero attached hydrogens (tertiary/aromatic N) is 4. The number of halogens is 1. The Morgan fingerprint density at radius 3 is 2.49 bits per heavy atom. The Morgan fingerprint density at radius 1 is 1.06 bits per heavy atom. The van der Waals surface area contributed by atoms with Crippen LogP contribution >= 0.6 is 11.8 Å². The van der Waals surface area contributed by atoms with E-state index in [1.54, 1.807) is 19.1 Å². The minimum absolute atomic E-state index is 0.282. The molecule has 4 aromatic rings. The number of benzene rings is 3. The highest BCUT2D eigenvalue weighted by atomic mass is 32.2. The molecule has 0 bridgehead atoms. The number of para-hydroxylation sites is 1. The van der Waals surface area contributed by atoms with Crippen LogP contribution in [0.2, 0.25) is 0 Å². The molecule has 35 heavy (non-hydrogen) atoms. The number of aryl methyl sites for hydroxylation is 1. The fourth-order valence-corrected chi connectivity index (χ4v) is 4.08. The van der Waals surface area contributed by atoms with Gasteiger partial charge in [-0.1, -0.05) is 59.8 Å². The molecule has 1 heterocycles. The highest BCUT2D eigenvalue weighted by Crippen LogP contribution is 2.26. The Bertz CT molecular complexity index is 1290. The van der Waals surface area contributed by atoms with Crippen molar-refractivity contribution >= 4 is 29.6 Å². The number of nitrogens with one attached hydrogen (secondary N) is 2. The molecule has 0 spiro atoms. The van der Waals surface area contributed by atoms with Gasteiger partial charge in [0, 0.05) is 11.4 Å². The van der Waals surface area contributed by atoms with E-state index in [2.05, 4.69) is 26.0 Å². The van der Waals surface area contributed by atoms with Crippen molar-refractivity contribution in [2.24, 2.45) is 5.10 Å². The van der Waals surface area contributed by atoms with Gasteiger partial charge in [-0.05, 0) is 55.8 Å². The molecule has 9 heteroatoms. The highest BCUT2D eigenvalue weighted by molar-refractivity contribution is 8.00. The number of hydrazone groups is 1. The molecule has 1 aromatic heterocycles. The van der Waals surface area contributed by atoms with Gasteiger partial charge in [0.25, 0.3) is 5.91 Å². The number of rotatable bonds is 9. The van der Waals surface area contributed by atoms with Gasteiger partial charge in [0.05, 0.1) is 18.0 Å². The standard InChI is InChI=1S/C26H25FN6OS/c1-18-8-14-22(15-9-18)28-17-24-30-32-26(33(24)23-6-4-3-5-7-23)35-19(2)25(34)31-29-16-20-10-12-21(27)13-11-20/h3-16,19,28H,17H2,1-2H3,(H,31,34)/b29-16+. The van der Waals surface area contributed by atoms with Crippen LogP contribution in [0.1, 0.15) is 23.9 Å². The van der Waals surface area contributed by atoms with E-state index >= 15 is 0 Å². The quantitative estimate of drug-likeness (QED) is 0.198. The monoisotopic (exact) mass is 488 g/mol. The van der Waals surface area contributed by atoms with Crippen molar-refractivity contribution < 1.29 is 9.18 Å². The fourth-order valence-electron chi connectivity index (χ4n) is 3.20. The summed E-state index contributed by atoms with van der Waals surface area (Å²) in [5, 5.41) is 16.2. The number of carbonyl (C=O) groups excluding carboxylic acids is 1. The first-order valence-corrected chi connectivity index (χ1v) is 11.9. The van der Waals surface area contributed by atoms with Gasteiger partial charge in [0.1, 0.15) is 5.82 Å². The number of hydrogen-bond donors (Lipinski definition) is 2. The number of anilines is 1. The maximum Gasteiger partial charge on any atom is 0.253 e. The summed E-state index contributed by atoms with van der Waals surface area (Å²) in [6.07, 6.45) is 1.47. The number of thioether (sulfide) groups is 1. The molecule has 0 radical (unpaired) electrons. The molecule has 0 saturated carbocycles. The Labute approximate surface area is 207 Å². The van der Waals surface area contributed by atoms with Crippen LogP contribution in [0.3, 0.4) is 0 Å². The van der Waals surface area contributed by atoms with Gasteiger partial charge in [0.15, 0.2) is 11.0 Å². The van der Waals surface area contributed by atoms with Crippen LogP contribution in [0.4, 0.5) is 10.1 Å². The summed E-state index contributed by atoms with van der Waals surface area (Å²) in [4.78, 5) is 12.6. The SMILES string of the molecule is Cc1ccc(NCc2nnc(SC(C)C(=O)N/N=C/c3ccc(F)cc3)n2-c2ccccc2)cc1. The molecule has 1 unspecified atom stereocenters. The summed E-state index contributed by atoms with van der Waals surface area (Å²) in [5.41, 5.74) is 6.29. The number of carbonyl (C=O) groups is 1. The smallest absolute Gasteiger partial charge is 0.253 e. The summed E-state index contributed by atoms with van der Waals surface area (Å²) in [6.45, 7) is 4.29. The lowest BCUT2D eigenvalue weighted by atomic mass is 10.2. The second-order valence-corrected chi connectivity index (χ2v) is 9.14. The Kier molecular flexibility index (Phi) is 7.89. The summed E-state index contributed by atoms with van der Waals surface area (Å²) in [7, 11) is 0. The van der Waals surface area contributed by atoms with Gasteiger partial charge in [-0.3, -0.25) is 9.36 Å². The van der Waals surface area contributed by atoms with Crippen LogP contribution in [-0.2, 0) is 11.3 Å². The van der Waals surface area contributed by atoms with Crippen molar-refractivity contribution in [2.45, 2.75) is 30.8 Å². The maximum atomic E-state index is 13.0. The molecular weight excluding hydrogens is 463 g/mol. The zero-order valence-corrected chi connectivity index (χ0v) is 20.2. The lowest BCUT2D eigenvalue weighted by molar-refractivity contribution is -0.120. The van der Waals surface area contributed by atoms with E-state index in [9.17, 15) is 9.18 Å². The predicted octanol–water partition coefficient (Wildman–Crippen LogP) is 4.96. The summed E-state index contributed by atoms with van der Waals surface area (Å²) in [5.74, 6) is 0.115. The van der Waals surface area contributed by atoms with E-state index in [1.807, 2.05) is 66.1 Å². The lowest BCUT2D eigenvalue weighted by Gasteiger charge is -2.13. The minimum Gasteiger partial charge on any atom is -0.378 e. The maximum absolute atomic E-state index is 13.0. The van der Waals surface area contributed by atoms with E-state index in [0.29, 0.717) is 17.3 Å². The van der Waals surface area contributed by atoms with Crippen LogP contribution in [0.15, 0.2) is 89.1 Å². The van der Waals surface area contributed by atoms with Crippen LogP contribution in [0, 0.1) is 12.7 Å². The highest BCUT2D eigenvalue weighted by Gasteiger charge is 2.21. The molecule has 178 valence electrons. The van der Waals surface area contributed by atoms with Gasteiger partial charge >= 0.3 is 0 Å². The van der Waals surface area contributed by atoms with Gasteiger partial charge in [0.2, 0.25) is 0 Å². The van der Waals surface area contributed by atoms with Crippen molar-refractivity contribution in [3.8, 4) is 5.69 Å². The summed E-state index contributed by atoms with van der Waals surface area (Å²) in [6, 6.07) is 23.8. The van der Waals surface area contributed by atoms with Crippen LogP contribution < -0.4 is 10.7 Å². The molecule has 1 amide bonds. The van der Waals surface area contributed by atoms with Crippen LogP contribution in [0.5, 0.6) is 0 Å². The van der Waals surface area contributed by atoms with Gasteiger partial charge in [-0.25, -0.2) is 9.82 Å². The topological polar surface area (TPSA) is 84.2 Å². The Balaban J connectivity index is 1.46. The van der Waals surface area contributed by atoms with Crippen LogP contribution in [-0.4, -0.2) is 32.1 Å². The summed E-state index contributed by atoms with van der Waals surface area (Å²) < 4.78 is 15.0. The molecule has 0 fully saturated rings. The average molecular weight is 489 g/mol. The van der Waals surface area contributed by atoms with Gasteiger partial charge in [-0.2, -0.15) is 5.10 Å².